The molecule has 0 aliphatic rings. The number of rotatable bonds is 7. The molecule has 65 valence electrons. The van der Waals surface area contributed by atoms with Gasteiger partial charge in [-0.1, -0.05) is 32.6 Å². The van der Waals surface area contributed by atoms with Crippen molar-refractivity contribution in [1.82, 2.24) is 5.32 Å². The van der Waals surface area contributed by atoms with E-state index in [1.807, 2.05) is 6.92 Å². The fourth-order valence-electron chi connectivity index (χ4n) is 1.05. The van der Waals surface area contributed by atoms with Gasteiger partial charge in [0.25, 0.3) is 0 Å². The quantitative estimate of drug-likeness (QED) is 0.443. The van der Waals surface area contributed by atoms with Gasteiger partial charge >= 0.3 is 6.41 Å². The summed E-state index contributed by atoms with van der Waals surface area (Å²) in [6.07, 6.45) is 7.85. The Morgan fingerprint density at radius 1 is 1.36 bits per heavy atom. The number of nitrogens with one attached hydrogen (secondary N) is 1. The zero-order valence-corrected chi connectivity index (χ0v) is 7.52. The smallest absolute Gasteiger partial charge is 0.309 e. The summed E-state index contributed by atoms with van der Waals surface area (Å²) in [4.78, 5) is 9.87. The normalized spacial score (nSPS) is 12.5. The van der Waals surface area contributed by atoms with Crippen molar-refractivity contribution in [3.63, 3.8) is 0 Å². The van der Waals surface area contributed by atoms with Crippen LogP contribution in [-0.2, 0) is 4.79 Å². The maximum Gasteiger partial charge on any atom is 0.309 e. The minimum Gasteiger partial charge on any atom is -0.345 e. The van der Waals surface area contributed by atoms with E-state index in [1.54, 1.807) is 6.41 Å². The van der Waals surface area contributed by atoms with Gasteiger partial charge in [0.15, 0.2) is 0 Å². The molecular weight excluding hydrogens is 138 g/mol. The molecule has 1 atom stereocenters. The van der Waals surface area contributed by atoms with Crippen molar-refractivity contribution in [2.75, 3.05) is 0 Å². The molecule has 0 rings (SSSR count). The molecule has 0 aliphatic carbocycles. The van der Waals surface area contributed by atoms with Crippen LogP contribution in [0.15, 0.2) is 0 Å². The molecule has 0 bridgehead atoms. The largest absolute Gasteiger partial charge is 0.345 e. The van der Waals surface area contributed by atoms with E-state index in [0.717, 1.165) is 6.42 Å². The molecule has 0 aromatic heterocycles. The lowest BCUT2D eigenvalue weighted by atomic mass is 10.1. The van der Waals surface area contributed by atoms with Crippen molar-refractivity contribution < 1.29 is 4.79 Å². The minimum atomic E-state index is 0.296. The van der Waals surface area contributed by atoms with Gasteiger partial charge in [-0.3, -0.25) is 4.79 Å². The molecule has 0 heterocycles. The Kier molecular flexibility index (Phi) is 7.21. The van der Waals surface area contributed by atoms with Crippen molar-refractivity contribution in [1.29, 1.82) is 0 Å². The van der Waals surface area contributed by atoms with Gasteiger partial charge in [0.05, 0.1) is 0 Å². The molecule has 0 fully saturated rings. The predicted molar refractivity (Wildman–Crippen MR) is 47.1 cm³/mol. The molecule has 0 aromatic rings. The second kappa shape index (κ2) is 7.58. The van der Waals surface area contributed by atoms with Crippen LogP contribution in [0.2, 0.25) is 0 Å². The maximum absolute atomic E-state index is 9.87. The predicted octanol–water partition coefficient (Wildman–Crippen LogP) is 2.00. The number of amides is 1. The van der Waals surface area contributed by atoms with E-state index in [1.165, 1.54) is 25.7 Å². The van der Waals surface area contributed by atoms with Gasteiger partial charge in [-0.2, -0.15) is 0 Å². The lowest BCUT2D eigenvalue weighted by molar-refractivity contribution is 0.500. The van der Waals surface area contributed by atoms with Crippen molar-refractivity contribution >= 4 is 6.41 Å². The molecule has 0 aromatic carbocycles. The molecule has 1 N–H and O–H groups in total. The standard InChI is InChI=1S/C9H18NO/c1-3-4-5-6-7-9(2)10-8-11/h9H,3-7H2,1-2H3,(H,10,11). The first-order chi connectivity index (χ1) is 5.31. The molecule has 0 aliphatic heterocycles. The number of hydrogen-bond donors (Lipinski definition) is 1. The zero-order valence-electron chi connectivity index (χ0n) is 7.52. The summed E-state index contributed by atoms with van der Waals surface area (Å²) < 4.78 is 0. The summed E-state index contributed by atoms with van der Waals surface area (Å²) in [5, 5.41) is 2.62. The van der Waals surface area contributed by atoms with Crippen LogP contribution < -0.4 is 5.32 Å². The Balaban J connectivity index is 3.03. The molecular formula is C9H18NO. The Labute approximate surface area is 69.4 Å². The van der Waals surface area contributed by atoms with E-state index in [9.17, 15) is 4.79 Å². The molecule has 0 saturated carbocycles. The summed E-state index contributed by atoms with van der Waals surface area (Å²) in [5.74, 6) is 0. The fourth-order valence-corrected chi connectivity index (χ4v) is 1.05. The highest BCUT2D eigenvalue weighted by Gasteiger charge is 1.98. The number of carbonyl (C=O) groups excluding carboxylic acids is 1. The molecule has 2 heteroatoms. The van der Waals surface area contributed by atoms with Crippen LogP contribution in [0.4, 0.5) is 0 Å². The summed E-state index contributed by atoms with van der Waals surface area (Å²) in [6.45, 7) is 4.21. The topological polar surface area (TPSA) is 29.1 Å². The third-order valence-electron chi connectivity index (χ3n) is 1.80. The lowest BCUT2D eigenvalue weighted by Crippen LogP contribution is -2.23. The molecule has 0 spiro atoms. The van der Waals surface area contributed by atoms with E-state index in [2.05, 4.69) is 12.2 Å². The SMILES string of the molecule is CCCCCCC(C)N[C]=O. The summed E-state index contributed by atoms with van der Waals surface area (Å²) in [6, 6.07) is 0.296. The number of unbranched alkanes of at least 4 members (excludes halogenated alkanes) is 3. The fraction of sp³-hybridized carbons (Fsp3) is 0.889. The van der Waals surface area contributed by atoms with E-state index < -0.39 is 0 Å². The van der Waals surface area contributed by atoms with Gasteiger partial charge in [0, 0.05) is 6.04 Å². The molecule has 2 nitrogen and oxygen atoms in total. The van der Waals surface area contributed by atoms with Crippen LogP contribution in [-0.4, -0.2) is 12.5 Å². The first-order valence-electron chi connectivity index (χ1n) is 4.44. The summed E-state index contributed by atoms with van der Waals surface area (Å²) >= 11 is 0. The summed E-state index contributed by atoms with van der Waals surface area (Å²) in [7, 11) is 0. The highest BCUT2D eigenvalue weighted by atomic mass is 16.1. The van der Waals surface area contributed by atoms with Crippen LogP contribution in [0.3, 0.4) is 0 Å². The van der Waals surface area contributed by atoms with Gasteiger partial charge in [0.2, 0.25) is 0 Å². The first-order valence-corrected chi connectivity index (χ1v) is 4.44. The van der Waals surface area contributed by atoms with Crippen molar-refractivity contribution in [3.8, 4) is 0 Å². The highest BCUT2D eigenvalue weighted by Crippen LogP contribution is 2.04. The van der Waals surface area contributed by atoms with Crippen LogP contribution in [0, 0.1) is 0 Å². The van der Waals surface area contributed by atoms with Crippen LogP contribution >= 0.6 is 0 Å². The second-order valence-electron chi connectivity index (χ2n) is 3.00. The molecule has 11 heavy (non-hydrogen) atoms. The van der Waals surface area contributed by atoms with E-state index >= 15 is 0 Å². The average Bonchev–Trinajstić information content (AvgIpc) is 1.99. The van der Waals surface area contributed by atoms with Gasteiger partial charge in [-0.25, -0.2) is 0 Å². The maximum atomic E-state index is 9.87. The summed E-state index contributed by atoms with van der Waals surface area (Å²) in [5.41, 5.74) is 0. The van der Waals surface area contributed by atoms with Gasteiger partial charge in [-0.15, -0.1) is 0 Å². The van der Waals surface area contributed by atoms with Crippen molar-refractivity contribution in [2.45, 2.75) is 52.0 Å². The van der Waals surface area contributed by atoms with Crippen LogP contribution in [0.1, 0.15) is 46.0 Å². The highest BCUT2D eigenvalue weighted by molar-refractivity contribution is 5.47. The Hall–Kier alpha value is -0.530. The van der Waals surface area contributed by atoms with Crippen molar-refractivity contribution in [2.24, 2.45) is 0 Å². The van der Waals surface area contributed by atoms with Gasteiger partial charge in [0.1, 0.15) is 0 Å². The first kappa shape index (κ1) is 10.5. The lowest BCUT2D eigenvalue weighted by Gasteiger charge is -2.07. The third-order valence-corrected chi connectivity index (χ3v) is 1.80. The van der Waals surface area contributed by atoms with Crippen LogP contribution in [0.25, 0.3) is 0 Å². The van der Waals surface area contributed by atoms with E-state index in [-0.39, 0.29) is 0 Å². The Morgan fingerprint density at radius 3 is 2.64 bits per heavy atom. The van der Waals surface area contributed by atoms with Crippen LogP contribution in [0.5, 0.6) is 0 Å². The Bertz CT molecular complexity index is 93.6. The Morgan fingerprint density at radius 2 is 2.09 bits per heavy atom. The molecule has 1 radical (unpaired) electrons. The molecule has 1 unspecified atom stereocenters. The van der Waals surface area contributed by atoms with Gasteiger partial charge < -0.3 is 5.32 Å². The van der Waals surface area contributed by atoms with Crippen molar-refractivity contribution in [3.05, 3.63) is 0 Å². The average molecular weight is 156 g/mol. The van der Waals surface area contributed by atoms with E-state index in [4.69, 9.17) is 0 Å². The molecule has 0 saturated heterocycles. The van der Waals surface area contributed by atoms with Gasteiger partial charge in [-0.05, 0) is 13.3 Å². The second-order valence-corrected chi connectivity index (χ2v) is 3.00. The zero-order chi connectivity index (χ0) is 8.53. The van der Waals surface area contributed by atoms with E-state index in [0.29, 0.717) is 6.04 Å². The molecule has 1 amide bonds. The monoisotopic (exact) mass is 156 g/mol. The third kappa shape index (κ3) is 7.37. The minimum absolute atomic E-state index is 0.296. The number of hydrogen-bond acceptors (Lipinski definition) is 1.